The molecule has 166 valence electrons. The molecule has 0 aromatic heterocycles. The molecule has 0 saturated carbocycles. The number of nitrogens with zero attached hydrogens (tertiary/aromatic N) is 2. The van der Waals surface area contributed by atoms with Gasteiger partial charge in [0, 0.05) is 18.7 Å². The van der Waals surface area contributed by atoms with Crippen molar-refractivity contribution in [2.24, 2.45) is 11.8 Å². The number of fused-ring (bicyclic) bond motifs is 3. The predicted molar refractivity (Wildman–Crippen MR) is 117 cm³/mol. The molecule has 0 aliphatic carbocycles. The van der Waals surface area contributed by atoms with Crippen LogP contribution in [-0.2, 0) is 19.1 Å². The summed E-state index contributed by atoms with van der Waals surface area (Å²) in [7, 11) is 4.47. The molecule has 7 nitrogen and oxygen atoms in total. The van der Waals surface area contributed by atoms with Crippen molar-refractivity contribution in [3.8, 4) is 16.9 Å². The van der Waals surface area contributed by atoms with Gasteiger partial charge in [0.25, 0.3) is 0 Å². The highest BCUT2D eigenvalue weighted by Gasteiger charge is 2.73. The van der Waals surface area contributed by atoms with E-state index in [0.29, 0.717) is 18.7 Å². The average Bonchev–Trinajstić information content (AvgIpc) is 3.44. The molecule has 32 heavy (non-hydrogen) atoms. The van der Waals surface area contributed by atoms with Gasteiger partial charge in [0.1, 0.15) is 11.3 Å². The monoisotopic (exact) mass is 434 g/mol. The zero-order valence-electron chi connectivity index (χ0n) is 18.4. The fourth-order valence-electron chi connectivity index (χ4n) is 6.09. The number of ether oxygens (including phenoxy) is 2. The number of imide groups is 1. The van der Waals surface area contributed by atoms with Crippen LogP contribution in [-0.4, -0.2) is 60.9 Å². The summed E-state index contributed by atoms with van der Waals surface area (Å²) in [6, 6.07) is 15.4. The van der Waals surface area contributed by atoms with Crippen LogP contribution < -0.4 is 4.74 Å². The number of benzene rings is 2. The highest BCUT2D eigenvalue weighted by Crippen LogP contribution is 2.59. The van der Waals surface area contributed by atoms with Gasteiger partial charge in [-0.2, -0.15) is 0 Å². The van der Waals surface area contributed by atoms with Crippen LogP contribution >= 0.6 is 0 Å². The van der Waals surface area contributed by atoms with Crippen molar-refractivity contribution in [2.45, 2.75) is 24.4 Å². The molecule has 3 aliphatic heterocycles. The van der Waals surface area contributed by atoms with Crippen molar-refractivity contribution >= 4 is 17.8 Å². The lowest BCUT2D eigenvalue weighted by Gasteiger charge is -2.35. The molecule has 0 spiro atoms. The second kappa shape index (κ2) is 7.45. The molecule has 2 aromatic carbocycles. The van der Waals surface area contributed by atoms with Crippen molar-refractivity contribution in [3.05, 3.63) is 54.1 Å². The molecule has 4 atom stereocenters. The van der Waals surface area contributed by atoms with Gasteiger partial charge in [-0.3, -0.25) is 24.2 Å². The normalized spacial score (nSPS) is 29.2. The molecule has 0 N–H and O–H groups in total. The van der Waals surface area contributed by atoms with E-state index in [1.165, 1.54) is 19.1 Å². The number of hydrogen-bond acceptors (Lipinski definition) is 6. The highest BCUT2D eigenvalue weighted by atomic mass is 16.5. The van der Waals surface area contributed by atoms with Crippen molar-refractivity contribution in [1.82, 2.24) is 9.80 Å². The van der Waals surface area contributed by atoms with Gasteiger partial charge in [0.2, 0.25) is 11.8 Å². The van der Waals surface area contributed by atoms with Gasteiger partial charge in [0.05, 0.1) is 26.1 Å². The molecule has 5 rings (SSSR count). The van der Waals surface area contributed by atoms with Gasteiger partial charge in [-0.1, -0.05) is 42.5 Å². The Morgan fingerprint density at radius 3 is 2.50 bits per heavy atom. The maximum atomic E-state index is 13.2. The molecule has 0 unspecified atom stereocenters. The summed E-state index contributed by atoms with van der Waals surface area (Å²) < 4.78 is 10.9. The molecule has 3 heterocycles. The zero-order chi connectivity index (χ0) is 22.6. The maximum absolute atomic E-state index is 13.2. The Hall–Kier alpha value is -3.19. The highest BCUT2D eigenvalue weighted by molar-refractivity contribution is 6.09. The van der Waals surface area contributed by atoms with Gasteiger partial charge in [-0.15, -0.1) is 0 Å². The molecule has 2 amide bonds. The van der Waals surface area contributed by atoms with E-state index in [4.69, 9.17) is 9.47 Å². The van der Waals surface area contributed by atoms with E-state index in [-0.39, 0.29) is 11.8 Å². The Kier molecular flexibility index (Phi) is 4.82. The summed E-state index contributed by atoms with van der Waals surface area (Å²) >= 11 is 0. The number of carbonyl (C=O) groups is 3. The molecular formula is C25H26N2O5. The molecular weight excluding hydrogens is 408 g/mol. The molecule has 3 fully saturated rings. The first-order valence-corrected chi connectivity index (χ1v) is 10.9. The Bertz CT molecular complexity index is 1100. The third-order valence-electron chi connectivity index (χ3n) is 7.42. The Morgan fingerprint density at radius 2 is 1.81 bits per heavy atom. The van der Waals surface area contributed by atoms with Crippen LogP contribution in [0.5, 0.6) is 5.75 Å². The standard InChI is InChI=1S/C25H26N2O5/c1-26-22(28)19-20(23(26)29)25(24(30)32-3)12-7-13-27(25)21(19)16-10-11-17(18(14-16)31-2)15-8-5-4-6-9-15/h4-6,8-11,14,19-21H,7,12-13H2,1-3H3/t19-,20-,21+,25-/m0/s1. The first-order chi connectivity index (χ1) is 15.5. The minimum absolute atomic E-state index is 0.242. The minimum Gasteiger partial charge on any atom is -0.496 e. The Balaban J connectivity index is 1.65. The van der Waals surface area contributed by atoms with Crippen LogP contribution in [0.25, 0.3) is 11.1 Å². The number of carbonyl (C=O) groups excluding carboxylic acids is 3. The molecule has 0 radical (unpaired) electrons. The summed E-state index contributed by atoms with van der Waals surface area (Å²) in [5.74, 6) is -1.65. The Labute approximate surface area is 186 Å². The lowest BCUT2D eigenvalue weighted by Crippen LogP contribution is -2.54. The quantitative estimate of drug-likeness (QED) is 0.544. The summed E-state index contributed by atoms with van der Waals surface area (Å²) in [4.78, 5) is 42.7. The van der Waals surface area contributed by atoms with E-state index >= 15 is 0 Å². The van der Waals surface area contributed by atoms with E-state index in [9.17, 15) is 14.4 Å². The fourth-order valence-corrected chi connectivity index (χ4v) is 6.09. The largest absolute Gasteiger partial charge is 0.496 e. The maximum Gasteiger partial charge on any atom is 0.327 e. The second-order valence-corrected chi connectivity index (χ2v) is 8.72. The van der Waals surface area contributed by atoms with E-state index in [1.54, 1.807) is 7.11 Å². The number of hydrogen-bond donors (Lipinski definition) is 0. The van der Waals surface area contributed by atoms with Gasteiger partial charge >= 0.3 is 5.97 Å². The van der Waals surface area contributed by atoms with Crippen LogP contribution in [0.2, 0.25) is 0 Å². The van der Waals surface area contributed by atoms with Gasteiger partial charge in [-0.25, -0.2) is 0 Å². The average molecular weight is 434 g/mol. The first-order valence-electron chi connectivity index (χ1n) is 10.9. The number of likely N-dealkylation sites (tertiary alicyclic amines) is 1. The number of amides is 2. The van der Waals surface area contributed by atoms with Crippen LogP contribution in [0.15, 0.2) is 48.5 Å². The minimum atomic E-state index is -1.10. The zero-order valence-corrected chi connectivity index (χ0v) is 18.4. The molecule has 3 aliphatic rings. The number of methoxy groups -OCH3 is 2. The van der Waals surface area contributed by atoms with Crippen molar-refractivity contribution < 1.29 is 23.9 Å². The van der Waals surface area contributed by atoms with Crippen molar-refractivity contribution in [1.29, 1.82) is 0 Å². The molecule has 2 aromatic rings. The van der Waals surface area contributed by atoms with E-state index in [2.05, 4.69) is 0 Å². The summed E-state index contributed by atoms with van der Waals surface area (Å²) in [6.45, 7) is 0.625. The SMILES string of the molecule is COC(=O)[C@@]12CCCN1[C@H](c1ccc(-c3ccccc3)c(OC)c1)[C@H]1C(=O)N(C)C(=O)[C@H]12. The van der Waals surface area contributed by atoms with Crippen LogP contribution in [0, 0.1) is 11.8 Å². The lowest BCUT2D eigenvalue weighted by molar-refractivity contribution is -0.158. The number of rotatable bonds is 4. The van der Waals surface area contributed by atoms with E-state index in [1.807, 2.05) is 53.4 Å². The smallest absolute Gasteiger partial charge is 0.327 e. The van der Waals surface area contributed by atoms with Gasteiger partial charge in [0.15, 0.2) is 0 Å². The molecule has 0 bridgehead atoms. The number of esters is 1. The first kappa shape index (κ1) is 20.7. The summed E-state index contributed by atoms with van der Waals surface area (Å²) in [5, 5.41) is 0. The van der Waals surface area contributed by atoms with E-state index in [0.717, 1.165) is 23.1 Å². The van der Waals surface area contributed by atoms with Crippen LogP contribution in [0.4, 0.5) is 0 Å². The second-order valence-electron chi connectivity index (χ2n) is 8.72. The third-order valence-corrected chi connectivity index (χ3v) is 7.42. The molecule has 3 saturated heterocycles. The Morgan fingerprint density at radius 1 is 1.06 bits per heavy atom. The topological polar surface area (TPSA) is 76.2 Å². The van der Waals surface area contributed by atoms with Crippen LogP contribution in [0.3, 0.4) is 0 Å². The molecule has 7 heteroatoms. The summed E-state index contributed by atoms with van der Waals surface area (Å²) in [6.07, 6.45) is 1.27. The third kappa shape index (κ3) is 2.60. The van der Waals surface area contributed by atoms with Crippen molar-refractivity contribution in [3.63, 3.8) is 0 Å². The van der Waals surface area contributed by atoms with Gasteiger partial charge < -0.3 is 9.47 Å². The van der Waals surface area contributed by atoms with E-state index < -0.39 is 29.4 Å². The summed E-state index contributed by atoms with van der Waals surface area (Å²) in [5.41, 5.74) is 1.73. The predicted octanol–water partition coefficient (Wildman–Crippen LogP) is 2.66. The van der Waals surface area contributed by atoms with Crippen molar-refractivity contribution in [2.75, 3.05) is 27.8 Å². The van der Waals surface area contributed by atoms with Gasteiger partial charge in [-0.05, 0) is 36.6 Å². The fraction of sp³-hybridized carbons (Fsp3) is 0.400. The lowest BCUT2D eigenvalue weighted by atomic mass is 9.77. The van der Waals surface area contributed by atoms with Crippen LogP contribution in [0.1, 0.15) is 24.4 Å².